The first kappa shape index (κ1) is 46.7. The molecule has 2 nitrogen and oxygen atoms in total. The zero-order valence-electron chi connectivity index (χ0n) is 43.2. The lowest BCUT2D eigenvalue weighted by Gasteiger charge is -2.29. The highest BCUT2D eigenvalue weighted by Crippen LogP contribution is 2.56. The van der Waals surface area contributed by atoms with Crippen LogP contribution in [0.25, 0.3) is 95.6 Å². The lowest BCUT2D eigenvalue weighted by atomic mass is 9.85. The Labute approximate surface area is 458 Å². The summed E-state index contributed by atoms with van der Waals surface area (Å²) in [5.74, 6) is 0.448. The van der Waals surface area contributed by atoms with E-state index >= 15 is 0 Å². The van der Waals surface area contributed by atoms with Crippen LogP contribution in [0.4, 0.5) is 28.4 Å². The summed E-state index contributed by atoms with van der Waals surface area (Å²) in [6, 6.07) is 88.0. The van der Waals surface area contributed by atoms with E-state index in [-0.39, 0.29) is 0 Å². The molecule has 77 heavy (non-hydrogen) atoms. The molecule has 0 aliphatic heterocycles. The second-order valence-corrected chi connectivity index (χ2v) is 22.7. The standard InChI is InChI=1S/C73H54N2S2/c1-47-20-17-25-52(40-47)68-64-45-58(74(54-27-7-4-8-28-54)55-29-9-5-10-30-55)36-38-66(64)76-72(68)70-60-34-15-16-35-61(60)71(63-44-51-24-14-13-23-50(51)43-62(63)70)73-69(53-26-18-21-48(2)41-53)65-46-59(37-39-67(65)77-73)75(56-31-11-6-12-32-56)57-33-19-22-49(3)42-57/h4-21,23-46,49H,22H2,1-3H3. The topological polar surface area (TPSA) is 6.48 Å². The van der Waals surface area contributed by atoms with E-state index in [9.17, 15) is 0 Å². The van der Waals surface area contributed by atoms with Gasteiger partial charge in [0, 0.05) is 86.3 Å². The van der Waals surface area contributed by atoms with Gasteiger partial charge in [0.1, 0.15) is 0 Å². The van der Waals surface area contributed by atoms with Gasteiger partial charge < -0.3 is 9.80 Å². The molecule has 1 atom stereocenters. The van der Waals surface area contributed by atoms with Gasteiger partial charge in [0.25, 0.3) is 0 Å². The summed E-state index contributed by atoms with van der Waals surface area (Å²) in [4.78, 5) is 7.38. The maximum Gasteiger partial charge on any atom is 0.0468 e. The number of nitrogens with zero attached hydrogens (tertiary/aromatic N) is 2. The SMILES string of the molecule is Cc1cccc(-c2c(-c3c4ccccc4c(-c4sc5ccc(N(c6ccccc6)c6ccccc6)cc5c4-c4cccc(C)c4)c4cc5ccccc5cc34)sc3ccc(N(C4=CC(C)CC=C4)c4ccccc4)cc23)c1. The summed E-state index contributed by atoms with van der Waals surface area (Å²) in [7, 11) is 0. The van der Waals surface area contributed by atoms with Gasteiger partial charge in [-0.1, -0.05) is 182 Å². The molecule has 1 unspecified atom stereocenters. The van der Waals surface area contributed by atoms with Crippen molar-refractivity contribution in [2.75, 3.05) is 9.80 Å². The van der Waals surface area contributed by atoms with Crippen molar-refractivity contribution < 1.29 is 0 Å². The molecule has 4 heteroatoms. The van der Waals surface area contributed by atoms with Gasteiger partial charge in [0.2, 0.25) is 0 Å². The second-order valence-electron chi connectivity index (χ2n) is 20.6. The number of benzene rings is 11. The van der Waals surface area contributed by atoms with Gasteiger partial charge in [-0.25, -0.2) is 0 Å². The van der Waals surface area contributed by atoms with E-state index in [0.29, 0.717) is 5.92 Å². The van der Waals surface area contributed by atoms with Crippen molar-refractivity contribution in [2.24, 2.45) is 5.92 Å². The highest BCUT2D eigenvalue weighted by atomic mass is 32.1. The second kappa shape index (κ2) is 19.4. The lowest BCUT2D eigenvalue weighted by Crippen LogP contribution is -2.17. The van der Waals surface area contributed by atoms with Crippen LogP contribution < -0.4 is 9.80 Å². The third-order valence-corrected chi connectivity index (χ3v) is 17.7. The molecule has 0 saturated heterocycles. The first-order valence-electron chi connectivity index (χ1n) is 26.7. The molecule has 0 N–H and O–H groups in total. The number of aryl methyl sites for hydroxylation is 2. The maximum absolute atomic E-state index is 2.49. The number of fused-ring (bicyclic) bond motifs is 5. The van der Waals surface area contributed by atoms with Gasteiger partial charge >= 0.3 is 0 Å². The molecule has 0 saturated carbocycles. The molecule has 11 aromatic carbocycles. The molecule has 368 valence electrons. The van der Waals surface area contributed by atoms with Crippen LogP contribution >= 0.6 is 22.7 Å². The summed E-state index contributed by atoms with van der Waals surface area (Å²) in [5, 5.41) is 9.95. The van der Waals surface area contributed by atoms with Crippen LogP contribution in [-0.2, 0) is 0 Å². The van der Waals surface area contributed by atoms with Crippen LogP contribution in [0.3, 0.4) is 0 Å². The normalized spacial score (nSPS) is 13.5. The first-order chi connectivity index (χ1) is 37.9. The summed E-state index contributed by atoms with van der Waals surface area (Å²) < 4.78 is 2.52. The Bertz CT molecular complexity index is 4430. The van der Waals surface area contributed by atoms with E-state index < -0.39 is 0 Å². The minimum Gasteiger partial charge on any atom is -0.311 e. The van der Waals surface area contributed by atoms with Crippen LogP contribution in [-0.4, -0.2) is 0 Å². The van der Waals surface area contributed by atoms with Gasteiger partial charge in [-0.15, -0.1) is 22.7 Å². The Hall–Kier alpha value is -8.80. The minimum atomic E-state index is 0.448. The molecule has 0 fully saturated rings. The van der Waals surface area contributed by atoms with Crippen molar-refractivity contribution in [1.82, 2.24) is 0 Å². The van der Waals surface area contributed by atoms with E-state index in [2.05, 4.69) is 285 Å². The summed E-state index contributed by atoms with van der Waals surface area (Å²) in [5.41, 5.74) is 16.9. The fourth-order valence-corrected chi connectivity index (χ4v) is 14.5. The lowest BCUT2D eigenvalue weighted by molar-refractivity contribution is 0.726. The van der Waals surface area contributed by atoms with Gasteiger partial charge in [0.05, 0.1) is 0 Å². The summed E-state index contributed by atoms with van der Waals surface area (Å²) >= 11 is 3.84. The molecule has 1 aliphatic carbocycles. The molecule has 2 heterocycles. The Morgan fingerprint density at radius 3 is 1.27 bits per heavy atom. The van der Waals surface area contributed by atoms with Crippen molar-refractivity contribution in [3.63, 3.8) is 0 Å². The molecular weight excluding hydrogens is 969 g/mol. The van der Waals surface area contributed by atoms with E-state index in [0.717, 1.165) is 34.9 Å². The van der Waals surface area contributed by atoms with E-state index in [1.165, 1.54) is 112 Å². The van der Waals surface area contributed by atoms with E-state index in [4.69, 9.17) is 0 Å². The number of anilines is 5. The van der Waals surface area contributed by atoms with Crippen molar-refractivity contribution >= 4 is 104 Å². The fraction of sp³-hybridized carbons (Fsp3) is 0.0685. The molecule has 0 radical (unpaired) electrons. The number of rotatable bonds is 10. The molecule has 0 amide bonds. The maximum atomic E-state index is 2.49. The molecule has 14 rings (SSSR count). The Kier molecular flexibility index (Phi) is 11.8. The van der Waals surface area contributed by atoms with Gasteiger partial charge in [-0.2, -0.15) is 0 Å². The van der Waals surface area contributed by atoms with E-state index in [1.807, 2.05) is 22.7 Å². The van der Waals surface area contributed by atoms with Crippen molar-refractivity contribution in [3.8, 4) is 43.1 Å². The highest BCUT2D eigenvalue weighted by Gasteiger charge is 2.28. The number of hydrogen-bond acceptors (Lipinski definition) is 4. The van der Waals surface area contributed by atoms with Crippen LogP contribution in [0, 0.1) is 19.8 Å². The zero-order valence-corrected chi connectivity index (χ0v) is 44.9. The molecule has 13 aromatic rings. The molecule has 0 bridgehead atoms. The van der Waals surface area contributed by atoms with E-state index in [1.54, 1.807) is 0 Å². The number of allylic oxidation sites excluding steroid dienone is 3. The molecule has 1 aliphatic rings. The monoisotopic (exact) mass is 1020 g/mol. The Morgan fingerprint density at radius 2 is 0.805 bits per heavy atom. The van der Waals surface area contributed by atoms with Gasteiger partial charge in [0.15, 0.2) is 0 Å². The number of hydrogen-bond donors (Lipinski definition) is 0. The number of thiophene rings is 2. The largest absolute Gasteiger partial charge is 0.311 e. The minimum absolute atomic E-state index is 0.448. The Morgan fingerprint density at radius 1 is 0.364 bits per heavy atom. The fourth-order valence-electron chi connectivity index (χ4n) is 11.9. The van der Waals surface area contributed by atoms with Gasteiger partial charge in [-0.3, -0.25) is 0 Å². The van der Waals surface area contributed by atoms with Crippen molar-refractivity contribution in [1.29, 1.82) is 0 Å². The van der Waals surface area contributed by atoms with Crippen molar-refractivity contribution in [3.05, 3.63) is 272 Å². The number of para-hydroxylation sites is 3. The average Bonchev–Trinajstić information content (AvgIpc) is 4.14. The third-order valence-electron chi connectivity index (χ3n) is 15.4. The summed E-state index contributed by atoms with van der Waals surface area (Å²) in [6.45, 7) is 6.74. The zero-order chi connectivity index (χ0) is 51.6. The summed E-state index contributed by atoms with van der Waals surface area (Å²) in [6.07, 6.45) is 8.09. The third kappa shape index (κ3) is 8.33. The van der Waals surface area contributed by atoms with Crippen LogP contribution in [0.15, 0.2) is 261 Å². The smallest absolute Gasteiger partial charge is 0.0468 e. The predicted molar refractivity (Wildman–Crippen MR) is 335 cm³/mol. The van der Waals surface area contributed by atoms with Crippen molar-refractivity contribution in [2.45, 2.75) is 27.2 Å². The van der Waals surface area contributed by atoms with Crippen LogP contribution in [0.5, 0.6) is 0 Å². The Balaban J connectivity index is 1.07. The highest BCUT2D eigenvalue weighted by molar-refractivity contribution is 7.23. The van der Waals surface area contributed by atoms with Gasteiger partial charge in [-0.05, 0) is 161 Å². The molecule has 0 spiro atoms. The predicted octanol–water partition coefficient (Wildman–Crippen LogP) is 21.9. The average molecular weight is 1020 g/mol. The molecule has 2 aromatic heterocycles. The van der Waals surface area contributed by atoms with Crippen LogP contribution in [0.1, 0.15) is 24.5 Å². The van der Waals surface area contributed by atoms with Crippen LogP contribution in [0.2, 0.25) is 0 Å². The first-order valence-corrected chi connectivity index (χ1v) is 28.3. The quantitative estimate of drug-likeness (QED) is 0.126. The molecular formula is C73H54N2S2.